The molecule has 1 fully saturated rings. The summed E-state index contributed by atoms with van der Waals surface area (Å²) >= 11 is 0. The van der Waals surface area contributed by atoms with Gasteiger partial charge in [0.1, 0.15) is 0 Å². The Kier molecular flexibility index (Phi) is 3.79. The van der Waals surface area contributed by atoms with Crippen LogP contribution in [-0.2, 0) is 4.79 Å². The molecule has 0 radical (unpaired) electrons. The highest BCUT2D eigenvalue weighted by Gasteiger charge is 2.16. The Labute approximate surface area is 77.5 Å². The average molecular weight is 185 g/mol. The number of nitrogens with one attached hydrogen (secondary N) is 1. The monoisotopic (exact) mass is 185 g/mol. The van der Waals surface area contributed by atoms with Crippen LogP contribution in [0.1, 0.15) is 39.0 Å². The Morgan fingerprint density at radius 2 is 2.00 bits per heavy atom. The molecule has 0 saturated heterocycles. The summed E-state index contributed by atoms with van der Waals surface area (Å²) in [7, 11) is 0.971. The van der Waals surface area contributed by atoms with E-state index in [1.165, 1.54) is 32.1 Å². The maximum atomic E-state index is 11.3. The first-order chi connectivity index (χ1) is 5.70. The van der Waals surface area contributed by atoms with Gasteiger partial charge in [-0.2, -0.15) is 0 Å². The minimum atomic E-state index is 0.270. The summed E-state index contributed by atoms with van der Waals surface area (Å²) in [6.07, 6.45) is 6.32. The molecule has 2 nitrogen and oxygen atoms in total. The van der Waals surface area contributed by atoms with Crippen LogP contribution in [0.15, 0.2) is 0 Å². The van der Waals surface area contributed by atoms with Gasteiger partial charge in [-0.1, -0.05) is 26.2 Å². The van der Waals surface area contributed by atoms with Crippen molar-refractivity contribution in [3.63, 3.8) is 0 Å². The zero-order valence-electron chi connectivity index (χ0n) is 8.10. The number of carbonyl (C=O) groups is 1. The van der Waals surface area contributed by atoms with Gasteiger partial charge in [-0.25, -0.2) is 0 Å². The number of amides is 1. The molecule has 3 heteroatoms. The summed E-state index contributed by atoms with van der Waals surface area (Å²) in [5, 5.41) is 3.11. The zero-order valence-corrected chi connectivity index (χ0v) is 10.1. The van der Waals surface area contributed by atoms with Crippen molar-refractivity contribution in [1.29, 1.82) is 0 Å². The molecule has 1 unspecified atom stereocenters. The smallest absolute Gasteiger partial charge is 0.219 e. The molecule has 0 bridgehead atoms. The maximum Gasteiger partial charge on any atom is 0.219 e. The second-order valence-corrected chi connectivity index (χ2v) is 5.73. The molecular weight excluding hydrogens is 166 g/mol. The van der Waals surface area contributed by atoms with Gasteiger partial charge >= 0.3 is 0 Å². The highest BCUT2D eigenvalue weighted by Crippen LogP contribution is 2.17. The molecular formula is C9H19NOSi. The van der Waals surface area contributed by atoms with Crippen LogP contribution in [0.2, 0.25) is 5.54 Å². The Balaban J connectivity index is 2.24. The lowest BCUT2D eigenvalue weighted by Crippen LogP contribution is -2.37. The fourth-order valence-corrected chi connectivity index (χ4v) is 1.78. The van der Waals surface area contributed by atoms with Crippen molar-refractivity contribution < 1.29 is 4.79 Å². The molecule has 0 aliphatic heterocycles. The van der Waals surface area contributed by atoms with Gasteiger partial charge in [0.05, 0.1) is 0 Å². The Morgan fingerprint density at radius 3 is 2.50 bits per heavy atom. The molecule has 0 heterocycles. The first-order valence-electron chi connectivity index (χ1n) is 5.00. The summed E-state index contributed by atoms with van der Waals surface area (Å²) in [4.78, 5) is 11.3. The van der Waals surface area contributed by atoms with Crippen molar-refractivity contribution in [3.8, 4) is 0 Å². The lowest BCUT2D eigenvalue weighted by atomic mass is 9.95. The topological polar surface area (TPSA) is 29.1 Å². The number of carbonyl (C=O) groups excluding carboxylic acids is 1. The maximum absolute atomic E-state index is 11.3. The van der Waals surface area contributed by atoms with E-state index in [9.17, 15) is 4.79 Å². The van der Waals surface area contributed by atoms with E-state index in [-0.39, 0.29) is 11.4 Å². The van der Waals surface area contributed by atoms with Crippen LogP contribution in [-0.4, -0.2) is 22.2 Å². The highest BCUT2D eigenvalue weighted by atomic mass is 28.1. The second-order valence-electron chi connectivity index (χ2n) is 4.00. The third kappa shape index (κ3) is 2.97. The van der Waals surface area contributed by atoms with Gasteiger partial charge in [0.25, 0.3) is 0 Å². The van der Waals surface area contributed by atoms with Crippen LogP contribution >= 0.6 is 0 Å². The molecule has 0 spiro atoms. The van der Waals surface area contributed by atoms with Crippen LogP contribution in [0.4, 0.5) is 0 Å². The van der Waals surface area contributed by atoms with Crippen LogP contribution in [0.3, 0.4) is 0 Å². The molecule has 0 aromatic rings. The molecule has 1 saturated carbocycles. The fraction of sp³-hybridized carbons (Fsp3) is 0.889. The number of hydrogen-bond acceptors (Lipinski definition) is 1. The summed E-state index contributed by atoms with van der Waals surface area (Å²) in [5.41, 5.74) is 0.270. The largest absolute Gasteiger partial charge is 0.353 e. The molecule has 1 amide bonds. The molecule has 1 aliphatic carbocycles. The molecule has 70 valence electrons. The average Bonchev–Trinajstić information content (AvgIpc) is 2.06. The van der Waals surface area contributed by atoms with Gasteiger partial charge in [-0.3, -0.25) is 4.79 Å². The van der Waals surface area contributed by atoms with Gasteiger partial charge < -0.3 is 5.32 Å². The van der Waals surface area contributed by atoms with Crippen LogP contribution in [0.25, 0.3) is 0 Å². The van der Waals surface area contributed by atoms with Crippen LogP contribution in [0, 0.1) is 0 Å². The fourth-order valence-electron chi connectivity index (χ4n) is 1.61. The Hall–Kier alpha value is -0.313. The third-order valence-corrected chi connectivity index (χ3v) is 3.00. The van der Waals surface area contributed by atoms with E-state index in [0.717, 1.165) is 10.2 Å². The van der Waals surface area contributed by atoms with E-state index in [2.05, 4.69) is 5.32 Å². The summed E-state index contributed by atoms with van der Waals surface area (Å²) in [5.74, 6) is 0.272. The van der Waals surface area contributed by atoms with Crippen molar-refractivity contribution in [2.24, 2.45) is 0 Å². The normalized spacial score (nSPS) is 22.1. The van der Waals surface area contributed by atoms with E-state index in [4.69, 9.17) is 0 Å². The SMILES string of the molecule is CC([SiH3])C(=O)NC1CCCCC1. The minimum absolute atomic E-state index is 0.270. The zero-order chi connectivity index (χ0) is 8.97. The lowest BCUT2D eigenvalue weighted by molar-refractivity contribution is -0.121. The first-order valence-corrected chi connectivity index (χ1v) is 6.16. The predicted molar refractivity (Wildman–Crippen MR) is 54.4 cm³/mol. The lowest BCUT2D eigenvalue weighted by Gasteiger charge is -2.23. The third-order valence-electron chi connectivity index (χ3n) is 2.48. The number of hydrogen-bond donors (Lipinski definition) is 1. The van der Waals surface area contributed by atoms with Crippen molar-refractivity contribution >= 4 is 16.1 Å². The molecule has 1 rings (SSSR count). The Bertz CT molecular complexity index is 153. The van der Waals surface area contributed by atoms with E-state index in [1.807, 2.05) is 6.92 Å². The van der Waals surface area contributed by atoms with Crippen molar-refractivity contribution in [1.82, 2.24) is 5.32 Å². The van der Waals surface area contributed by atoms with E-state index in [1.54, 1.807) is 0 Å². The Morgan fingerprint density at radius 1 is 1.42 bits per heavy atom. The van der Waals surface area contributed by atoms with E-state index < -0.39 is 0 Å². The quantitative estimate of drug-likeness (QED) is 0.628. The summed E-state index contributed by atoms with van der Waals surface area (Å²) < 4.78 is 0. The van der Waals surface area contributed by atoms with Crippen LogP contribution < -0.4 is 5.32 Å². The summed E-state index contributed by atoms with van der Waals surface area (Å²) in [6.45, 7) is 2.00. The van der Waals surface area contributed by atoms with Gasteiger partial charge in [-0.05, 0) is 12.8 Å². The van der Waals surface area contributed by atoms with Crippen molar-refractivity contribution in [2.45, 2.75) is 50.6 Å². The molecule has 1 atom stereocenters. The summed E-state index contributed by atoms with van der Waals surface area (Å²) in [6, 6.07) is 0.489. The van der Waals surface area contributed by atoms with E-state index in [0.29, 0.717) is 6.04 Å². The van der Waals surface area contributed by atoms with Gasteiger partial charge in [0.15, 0.2) is 0 Å². The van der Waals surface area contributed by atoms with Gasteiger partial charge in [0, 0.05) is 21.8 Å². The highest BCUT2D eigenvalue weighted by molar-refractivity contribution is 6.23. The van der Waals surface area contributed by atoms with Gasteiger partial charge in [0.2, 0.25) is 5.91 Å². The molecule has 0 aromatic carbocycles. The van der Waals surface area contributed by atoms with Gasteiger partial charge in [-0.15, -0.1) is 0 Å². The van der Waals surface area contributed by atoms with Crippen LogP contribution in [0.5, 0.6) is 0 Å². The molecule has 12 heavy (non-hydrogen) atoms. The molecule has 1 aliphatic rings. The number of rotatable bonds is 2. The predicted octanol–water partition coefficient (Wildman–Crippen LogP) is 0.609. The molecule has 0 aromatic heterocycles. The molecule has 1 N–H and O–H groups in total. The minimum Gasteiger partial charge on any atom is -0.353 e. The first kappa shape index (κ1) is 9.77. The standard InChI is InChI=1S/C9H19NOSi/c1-7(12)9(11)10-8-5-3-2-4-6-8/h7-8H,2-6H2,1,12H3,(H,10,11). The second kappa shape index (κ2) is 4.65. The van der Waals surface area contributed by atoms with E-state index >= 15 is 0 Å². The van der Waals surface area contributed by atoms with Crippen molar-refractivity contribution in [3.05, 3.63) is 0 Å². The van der Waals surface area contributed by atoms with Crippen molar-refractivity contribution in [2.75, 3.05) is 0 Å².